The number of ether oxygens (including phenoxy) is 2. The molecule has 0 fully saturated rings. The van der Waals surface area contributed by atoms with Crippen LogP contribution in [0.2, 0.25) is 0 Å². The van der Waals surface area contributed by atoms with E-state index in [1.807, 2.05) is 12.1 Å². The van der Waals surface area contributed by atoms with Crippen LogP contribution in [-0.2, 0) is 20.2 Å². The first-order chi connectivity index (χ1) is 25.1. The van der Waals surface area contributed by atoms with Crippen LogP contribution in [0.5, 0.6) is 11.5 Å². The Morgan fingerprint density at radius 1 is 0.750 bits per heavy atom. The van der Waals surface area contributed by atoms with Crippen molar-refractivity contribution in [2.75, 3.05) is 17.9 Å². The highest BCUT2D eigenvalue weighted by atomic mass is 32.2. The van der Waals surface area contributed by atoms with Gasteiger partial charge in [-0.2, -0.15) is 0 Å². The monoisotopic (exact) mass is 742 g/mol. The normalized spacial score (nSPS) is 12.4. The quantitative estimate of drug-likeness (QED) is 0.0750. The van der Waals surface area contributed by atoms with Crippen molar-refractivity contribution < 1.29 is 22.7 Å². The van der Waals surface area contributed by atoms with Crippen LogP contribution in [-0.4, -0.2) is 33.6 Å². The number of benzene rings is 2. The summed E-state index contributed by atoms with van der Waals surface area (Å²) in [7, 11) is -4.03. The van der Waals surface area contributed by atoms with E-state index in [-0.39, 0.29) is 22.8 Å². The fourth-order valence-electron chi connectivity index (χ4n) is 6.59. The summed E-state index contributed by atoms with van der Waals surface area (Å²) >= 11 is 0. The number of hydrogen-bond acceptors (Lipinski definition) is 5. The molecular formula is C44H73N2O5S. The maximum Gasteiger partial charge on any atom is 0.265 e. The van der Waals surface area contributed by atoms with Crippen molar-refractivity contribution in [1.82, 2.24) is 5.32 Å². The van der Waals surface area contributed by atoms with Crippen molar-refractivity contribution in [3.8, 4) is 11.5 Å². The summed E-state index contributed by atoms with van der Waals surface area (Å²) in [6, 6.07) is 12.5. The molecule has 52 heavy (non-hydrogen) atoms. The van der Waals surface area contributed by atoms with E-state index < -0.39 is 16.1 Å². The van der Waals surface area contributed by atoms with Gasteiger partial charge < -0.3 is 14.8 Å². The maximum absolute atomic E-state index is 14.1. The molecule has 2 N–H and O–H groups in total. The number of rotatable bonds is 31. The predicted molar refractivity (Wildman–Crippen MR) is 219 cm³/mol. The van der Waals surface area contributed by atoms with Gasteiger partial charge in [0.25, 0.3) is 15.9 Å². The second-order valence-corrected chi connectivity index (χ2v) is 16.8. The van der Waals surface area contributed by atoms with Crippen molar-refractivity contribution in [2.24, 2.45) is 0 Å². The van der Waals surface area contributed by atoms with Gasteiger partial charge in [0.1, 0.15) is 16.4 Å². The highest BCUT2D eigenvalue weighted by Gasteiger charge is 2.27. The summed E-state index contributed by atoms with van der Waals surface area (Å²) in [5.41, 5.74) is 1.14. The van der Waals surface area contributed by atoms with Crippen molar-refractivity contribution >= 4 is 21.6 Å². The molecule has 8 heteroatoms. The van der Waals surface area contributed by atoms with Gasteiger partial charge in [0.05, 0.1) is 12.3 Å². The zero-order valence-electron chi connectivity index (χ0n) is 33.5. The fraction of sp³-hybridized carbons (Fsp3) is 0.682. The molecule has 295 valence electrons. The molecular weight excluding hydrogens is 669 g/mol. The lowest BCUT2D eigenvalue weighted by molar-refractivity contribution is -0.128. The van der Waals surface area contributed by atoms with E-state index in [9.17, 15) is 13.2 Å². The minimum Gasteiger partial charge on any atom is -0.492 e. The predicted octanol–water partition coefficient (Wildman–Crippen LogP) is 12.1. The van der Waals surface area contributed by atoms with Crippen LogP contribution in [0.1, 0.15) is 175 Å². The van der Waals surface area contributed by atoms with Gasteiger partial charge in [-0.3, -0.25) is 9.52 Å². The van der Waals surface area contributed by atoms with Crippen LogP contribution in [0.25, 0.3) is 0 Å². The van der Waals surface area contributed by atoms with E-state index >= 15 is 0 Å². The van der Waals surface area contributed by atoms with Gasteiger partial charge in [0.2, 0.25) is 0 Å². The molecule has 0 saturated carbocycles. The molecule has 2 rings (SSSR count). The number of unbranched alkanes of at least 4 members (excludes halogenated alkanes) is 16. The Balaban J connectivity index is 2.17. The summed E-state index contributed by atoms with van der Waals surface area (Å²) in [6.07, 6.45) is 23.1. The minimum atomic E-state index is -4.03. The number of carbonyl (C=O) groups excluding carboxylic acids is 1. The Bertz CT molecular complexity index is 1360. The molecule has 0 saturated heterocycles. The molecule has 7 nitrogen and oxygen atoms in total. The lowest BCUT2D eigenvalue weighted by Gasteiger charge is -2.26. The van der Waals surface area contributed by atoms with E-state index in [2.05, 4.69) is 51.6 Å². The standard InChI is InChI=1S/C44H73N2O5S/c1-7-11-14-16-18-19-20-21-22-24-30-41(43(47)45-10-4)51-39-29-27-28-38(36-39)46-52(48,49)42-35-37(44(5,6)33-25-13-9-3)31-32-40(42)50-34-26-23-17-15-12-8-2/h27-29,31-32,35-36,41,46H,4,7-26,30,33-34H2,1-3,5-6H3,(H,45,47). The average Bonchev–Trinajstić information content (AvgIpc) is 3.11. The summed E-state index contributed by atoms with van der Waals surface area (Å²) in [6.45, 7) is 15.5. The van der Waals surface area contributed by atoms with Gasteiger partial charge in [-0.1, -0.05) is 156 Å². The van der Waals surface area contributed by atoms with Gasteiger partial charge in [0.15, 0.2) is 6.10 Å². The van der Waals surface area contributed by atoms with Gasteiger partial charge in [-0.15, -0.1) is 0 Å². The summed E-state index contributed by atoms with van der Waals surface area (Å²) in [4.78, 5) is 13.1. The van der Waals surface area contributed by atoms with Crippen LogP contribution in [0, 0.1) is 6.92 Å². The highest BCUT2D eigenvalue weighted by Crippen LogP contribution is 2.35. The van der Waals surface area contributed by atoms with Crippen LogP contribution in [0.3, 0.4) is 0 Å². The Hall–Kier alpha value is -2.74. The summed E-state index contributed by atoms with van der Waals surface area (Å²) in [5, 5.41) is 2.80. The number of nitrogens with one attached hydrogen (secondary N) is 2. The number of amides is 1. The first kappa shape index (κ1) is 45.4. The average molecular weight is 742 g/mol. The number of sulfonamides is 1. The van der Waals surface area contributed by atoms with Gasteiger partial charge in [-0.05, 0) is 67.9 Å². The Kier molecular flexibility index (Phi) is 22.8. The molecule has 0 aliphatic heterocycles. The largest absolute Gasteiger partial charge is 0.492 e. The molecule has 0 heterocycles. The van der Waals surface area contributed by atoms with Crippen LogP contribution in [0.4, 0.5) is 5.69 Å². The Morgan fingerprint density at radius 2 is 1.33 bits per heavy atom. The summed E-state index contributed by atoms with van der Waals surface area (Å²) in [5.74, 6) is 0.590. The molecule has 1 unspecified atom stereocenters. The molecule has 0 spiro atoms. The Morgan fingerprint density at radius 3 is 1.94 bits per heavy atom. The number of anilines is 1. The summed E-state index contributed by atoms with van der Waals surface area (Å²) < 4.78 is 43.4. The van der Waals surface area contributed by atoms with Crippen LogP contribution >= 0.6 is 0 Å². The Labute approximate surface area is 318 Å². The highest BCUT2D eigenvalue weighted by molar-refractivity contribution is 7.92. The van der Waals surface area contributed by atoms with E-state index in [4.69, 9.17) is 9.47 Å². The smallest absolute Gasteiger partial charge is 0.265 e. The lowest BCUT2D eigenvalue weighted by Crippen LogP contribution is -2.38. The van der Waals surface area contributed by atoms with Gasteiger partial charge >= 0.3 is 0 Å². The van der Waals surface area contributed by atoms with Gasteiger partial charge in [-0.25, -0.2) is 8.42 Å². The molecule has 0 bridgehead atoms. The third-order valence-corrected chi connectivity index (χ3v) is 11.4. The molecule has 0 aliphatic rings. The molecule has 0 aliphatic carbocycles. The van der Waals surface area contributed by atoms with Crippen molar-refractivity contribution in [1.29, 1.82) is 0 Å². The molecule has 1 amide bonds. The van der Waals surface area contributed by atoms with E-state index in [1.54, 1.807) is 30.3 Å². The number of hydrogen-bond donors (Lipinski definition) is 2. The van der Waals surface area contributed by atoms with Crippen LogP contribution < -0.4 is 19.5 Å². The van der Waals surface area contributed by atoms with Crippen LogP contribution in [0.15, 0.2) is 47.4 Å². The third kappa shape index (κ3) is 17.9. The van der Waals surface area contributed by atoms with Crippen molar-refractivity contribution in [3.05, 3.63) is 55.0 Å². The topological polar surface area (TPSA) is 93.7 Å². The third-order valence-electron chi connectivity index (χ3n) is 9.95. The number of carbonyl (C=O) groups is 1. The van der Waals surface area contributed by atoms with E-state index in [1.165, 1.54) is 64.2 Å². The minimum absolute atomic E-state index is 0.138. The molecule has 2 aromatic rings. The van der Waals surface area contributed by atoms with E-state index in [0.29, 0.717) is 30.2 Å². The zero-order chi connectivity index (χ0) is 38.1. The molecule has 2 aromatic carbocycles. The SMILES string of the molecule is [CH2]CNC(=O)C(CCCCCCCCCCCC)Oc1cccc(NS(=O)(=O)c2cc(C(C)(C)CCCCC)ccc2OCCCCCCCC)c1. The second kappa shape index (κ2) is 26.1. The maximum atomic E-state index is 14.1. The molecule has 0 aromatic heterocycles. The van der Waals surface area contributed by atoms with E-state index in [0.717, 1.165) is 69.8 Å². The second-order valence-electron chi connectivity index (χ2n) is 15.1. The van der Waals surface area contributed by atoms with Crippen molar-refractivity contribution in [2.45, 2.75) is 186 Å². The lowest BCUT2D eigenvalue weighted by atomic mass is 9.80. The first-order valence-corrected chi connectivity index (χ1v) is 22.2. The first-order valence-electron chi connectivity index (χ1n) is 20.7. The molecule has 1 radical (unpaired) electrons. The van der Waals surface area contributed by atoms with Crippen molar-refractivity contribution in [3.63, 3.8) is 0 Å². The van der Waals surface area contributed by atoms with Gasteiger partial charge in [0, 0.05) is 12.6 Å². The fourth-order valence-corrected chi connectivity index (χ4v) is 7.81. The zero-order valence-corrected chi connectivity index (χ0v) is 34.4. The molecule has 1 atom stereocenters.